The highest BCUT2D eigenvalue weighted by Crippen LogP contribution is 2.40. The van der Waals surface area contributed by atoms with Crippen molar-refractivity contribution in [2.45, 2.75) is 52.1 Å². The molecule has 1 aromatic rings. The van der Waals surface area contributed by atoms with Gasteiger partial charge in [-0.1, -0.05) is 26.7 Å². The van der Waals surface area contributed by atoms with E-state index in [9.17, 15) is 0 Å². The molecule has 1 aliphatic rings. The molecule has 96 valence electrons. The Kier molecular flexibility index (Phi) is 4.26. The van der Waals surface area contributed by atoms with Crippen LogP contribution in [0, 0.1) is 11.8 Å². The first-order valence-corrected chi connectivity index (χ1v) is 7.41. The van der Waals surface area contributed by atoms with Gasteiger partial charge < -0.3 is 5.73 Å². The van der Waals surface area contributed by atoms with Crippen LogP contribution in [-0.4, -0.2) is 9.78 Å². The normalized spacial score (nSPS) is 26.4. The quantitative estimate of drug-likeness (QED) is 0.925. The number of hydrogen-bond acceptors (Lipinski definition) is 2. The molecule has 17 heavy (non-hydrogen) atoms. The van der Waals surface area contributed by atoms with Crippen LogP contribution in [0.4, 0.5) is 0 Å². The molecule has 0 bridgehead atoms. The number of nitrogens with zero attached hydrogens (tertiary/aromatic N) is 2. The molecule has 0 aromatic carbocycles. The third-order valence-electron chi connectivity index (χ3n) is 3.97. The van der Waals surface area contributed by atoms with Crippen LogP contribution in [0.2, 0.25) is 0 Å². The van der Waals surface area contributed by atoms with Crippen molar-refractivity contribution < 1.29 is 0 Å². The molecule has 0 spiro atoms. The molecule has 1 aliphatic carbocycles. The van der Waals surface area contributed by atoms with Gasteiger partial charge in [0.25, 0.3) is 0 Å². The Labute approximate surface area is 112 Å². The van der Waals surface area contributed by atoms with Gasteiger partial charge in [-0.25, -0.2) is 0 Å². The lowest BCUT2D eigenvalue weighted by Crippen LogP contribution is -2.26. The SMILES string of the molecule is CCCn1ncc(Br)c1C(N)C1CCCC1C. The van der Waals surface area contributed by atoms with Crippen LogP contribution in [0.15, 0.2) is 10.7 Å². The fourth-order valence-electron chi connectivity index (χ4n) is 3.00. The lowest BCUT2D eigenvalue weighted by molar-refractivity contribution is 0.334. The summed E-state index contributed by atoms with van der Waals surface area (Å²) in [5.41, 5.74) is 7.66. The molecule has 0 aliphatic heterocycles. The van der Waals surface area contributed by atoms with Crippen molar-refractivity contribution in [3.63, 3.8) is 0 Å². The summed E-state index contributed by atoms with van der Waals surface area (Å²) < 4.78 is 3.14. The molecule has 0 saturated heterocycles. The molecular weight excluding hydrogens is 278 g/mol. The highest BCUT2D eigenvalue weighted by molar-refractivity contribution is 9.10. The number of nitrogens with two attached hydrogens (primary N) is 1. The van der Waals surface area contributed by atoms with E-state index in [1.54, 1.807) is 0 Å². The van der Waals surface area contributed by atoms with Gasteiger partial charge in [-0.05, 0) is 40.6 Å². The highest BCUT2D eigenvalue weighted by atomic mass is 79.9. The predicted molar refractivity (Wildman–Crippen MR) is 73.7 cm³/mol. The minimum absolute atomic E-state index is 0.121. The van der Waals surface area contributed by atoms with E-state index in [4.69, 9.17) is 5.73 Å². The van der Waals surface area contributed by atoms with Crippen molar-refractivity contribution in [1.82, 2.24) is 9.78 Å². The zero-order valence-corrected chi connectivity index (χ0v) is 12.3. The van der Waals surface area contributed by atoms with E-state index < -0.39 is 0 Å². The molecule has 2 rings (SSSR count). The summed E-state index contributed by atoms with van der Waals surface area (Å²) >= 11 is 3.59. The first-order valence-electron chi connectivity index (χ1n) is 6.62. The molecule has 1 heterocycles. The molecule has 0 radical (unpaired) electrons. The van der Waals surface area contributed by atoms with Crippen LogP contribution in [0.1, 0.15) is 51.3 Å². The van der Waals surface area contributed by atoms with E-state index in [1.165, 1.54) is 25.0 Å². The van der Waals surface area contributed by atoms with Crippen molar-refractivity contribution in [3.05, 3.63) is 16.4 Å². The topological polar surface area (TPSA) is 43.8 Å². The zero-order valence-electron chi connectivity index (χ0n) is 10.7. The minimum atomic E-state index is 0.121. The lowest BCUT2D eigenvalue weighted by Gasteiger charge is -2.24. The predicted octanol–water partition coefficient (Wildman–Crippen LogP) is 3.49. The van der Waals surface area contributed by atoms with Crippen molar-refractivity contribution in [2.24, 2.45) is 17.6 Å². The van der Waals surface area contributed by atoms with Gasteiger partial charge in [0.05, 0.1) is 22.4 Å². The summed E-state index contributed by atoms with van der Waals surface area (Å²) in [4.78, 5) is 0. The molecule has 1 fully saturated rings. The number of aromatic nitrogens is 2. The summed E-state index contributed by atoms with van der Waals surface area (Å²) in [7, 11) is 0. The maximum atomic E-state index is 6.48. The molecular formula is C13H22BrN3. The van der Waals surface area contributed by atoms with Crippen molar-refractivity contribution in [3.8, 4) is 0 Å². The number of hydrogen-bond donors (Lipinski definition) is 1. The zero-order chi connectivity index (χ0) is 12.4. The van der Waals surface area contributed by atoms with Crippen LogP contribution >= 0.6 is 15.9 Å². The third kappa shape index (κ3) is 2.58. The average molecular weight is 300 g/mol. The number of aryl methyl sites for hydroxylation is 1. The first kappa shape index (κ1) is 13.1. The number of rotatable bonds is 4. The highest BCUT2D eigenvalue weighted by Gasteiger charge is 2.32. The minimum Gasteiger partial charge on any atom is -0.322 e. The maximum Gasteiger partial charge on any atom is 0.0696 e. The second-order valence-electron chi connectivity index (χ2n) is 5.20. The van der Waals surface area contributed by atoms with E-state index in [2.05, 4.69) is 39.6 Å². The van der Waals surface area contributed by atoms with E-state index in [0.717, 1.165) is 23.4 Å². The monoisotopic (exact) mass is 299 g/mol. The molecule has 0 amide bonds. The van der Waals surface area contributed by atoms with Crippen LogP contribution < -0.4 is 5.73 Å². The largest absolute Gasteiger partial charge is 0.322 e. The van der Waals surface area contributed by atoms with Crippen LogP contribution in [0.25, 0.3) is 0 Å². The van der Waals surface area contributed by atoms with E-state index >= 15 is 0 Å². The lowest BCUT2D eigenvalue weighted by atomic mass is 9.89. The van der Waals surface area contributed by atoms with Crippen molar-refractivity contribution in [2.75, 3.05) is 0 Å². The molecule has 4 heteroatoms. The Bertz CT molecular complexity index is 375. The maximum absolute atomic E-state index is 6.48. The van der Waals surface area contributed by atoms with Gasteiger partial charge in [-0.2, -0.15) is 5.10 Å². The Morgan fingerprint density at radius 3 is 2.94 bits per heavy atom. The van der Waals surface area contributed by atoms with Crippen LogP contribution in [-0.2, 0) is 6.54 Å². The summed E-state index contributed by atoms with van der Waals surface area (Å²) in [6.45, 7) is 5.45. The fraction of sp³-hybridized carbons (Fsp3) is 0.769. The number of halogens is 1. The van der Waals surface area contributed by atoms with Crippen molar-refractivity contribution >= 4 is 15.9 Å². The Morgan fingerprint density at radius 1 is 1.59 bits per heavy atom. The molecule has 2 N–H and O–H groups in total. The summed E-state index contributed by atoms with van der Waals surface area (Å²) in [6, 6.07) is 0.121. The summed E-state index contributed by atoms with van der Waals surface area (Å²) in [5.74, 6) is 1.35. The van der Waals surface area contributed by atoms with E-state index in [1.807, 2.05) is 6.20 Å². The average Bonchev–Trinajstić information content (AvgIpc) is 2.86. The van der Waals surface area contributed by atoms with Crippen molar-refractivity contribution in [1.29, 1.82) is 0 Å². The first-order chi connectivity index (χ1) is 8.15. The Hall–Kier alpha value is -0.350. The molecule has 1 saturated carbocycles. The van der Waals surface area contributed by atoms with Gasteiger partial charge in [0.15, 0.2) is 0 Å². The third-order valence-corrected chi connectivity index (χ3v) is 4.58. The van der Waals surface area contributed by atoms with Gasteiger partial charge >= 0.3 is 0 Å². The summed E-state index contributed by atoms with van der Waals surface area (Å²) in [6.07, 6.45) is 6.86. The summed E-state index contributed by atoms with van der Waals surface area (Å²) in [5, 5.41) is 4.41. The fourth-order valence-corrected chi connectivity index (χ4v) is 3.56. The van der Waals surface area contributed by atoms with Gasteiger partial charge in [-0.3, -0.25) is 4.68 Å². The standard InChI is InChI=1S/C13H22BrN3/c1-3-7-17-13(11(14)8-16-17)12(15)10-6-4-5-9(10)2/h8-10,12H,3-7,15H2,1-2H3. The second kappa shape index (κ2) is 5.53. The van der Waals surface area contributed by atoms with E-state index in [-0.39, 0.29) is 6.04 Å². The smallest absolute Gasteiger partial charge is 0.0696 e. The van der Waals surface area contributed by atoms with Crippen LogP contribution in [0.5, 0.6) is 0 Å². The van der Waals surface area contributed by atoms with Gasteiger partial charge in [0, 0.05) is 6.54 Å². The van der Waals surface area contributed by atoms with Gasteiger partial charge in [0.2, 0.25) is 0 Å². The molecule has 3 atom stereocenters. The Morgan fingerprint density at radius 2 is 2.35 bits per heavy atom. The van der Waals surface area contributed by atoms with Gasteiger partial charge in [0.1, 0.15) is 0 Å². The van der Waals surface area contributed by atoms with Crippen LogP contribution in [0.3, 0.4) is 0 Å². The van der Waals surface area contributed by atoms with Gasteiger partial charge in [-0.15, -0.1) is 0 Å². The second-order valence-corrected chi connectivity index (χ2v) is 6.05. The Balaban J connectivity index is 2.22. The molecule has 3 unspecified atom stereocenters. The molecule has 1 aromatic heterocycles. The van der Waals surface area contributed by atoms with E-state index in [0.29, 0.717) is 5.92 Å². The molecule has 3 nitrogen and oxygen atoms in total.